The third-order valence-corrected chi connectivity index (χ3v) is 5.21. The first kappa shape index (κ1) is 23.4. The third-order valence-electron chi connectivity index (χ3n) is 4.84. The second-order valence-electron chi connectivity index (χ2n) is 6.81. The number of halogens is 1. The van der Waals surface area contributed by atoms with Crippen molar-refractivity contribution < 1.29 is 9.47 Å². The first-order valence-corrected chi connectivity index (χ1v) is 10.2. The molecular weight excluding hydrogens is 406 g/mol. The summed E-state index contributed by atoms with van der Waals surface area (Å²) in [7, 11) is 1.68. The van der Waals surface area contributed by atoms with Crippen LogP contribution in [0.5, 0.6) is 5.75 Å². The number of hydrogen-bond acceptors (Lipinski definition) is 4. The maximum atomic E-state index is 5.74. The predicted molar refractivity (Wildman–Crippen MR) is 125 cm³/mol. The molecule has 0 bridgehead atoms. The van der Waals surface area contributed by atoms with Gasteiger partial charge in [0.25, 0.3) is 0 Å². The first-order chi connectivity index (χ1) is 13.8. The maximum absolute atomic E-state index is 5.74. The molecule has 0 aliphatic carbocycles. The van der Waals surface area contributed by atoms with E-state index in [4.69, 9.17) is 21.7 Å². The lowest BCUT2D eigenvalue weighted by atomic mass is 10.2. The van der Waals surface area contributed by atoms with E-state index < -0.39 is 0 Å². The quantitative estimate of drug-likeness (QED) is 0.503. The van der Waals surface area contributed by atoms with Crippen LogP contribution in [0.4, 0.5) is 5.69 Å². The van der Waals surface area contributed by atoms with Crippen LogP contribution in [0.25, 0.3) is 0 Å². The van der Waals surface area contributed by atoms with Gasteiger partial charge >= 0.3 is 0 Å². The molecule has 1 heterocycles. The van der Waals surface area contributed by atoms with Crippen molar-refractivity contribution in [3.63, 3.8) is 0 Å². The smallest absolute Gasteiger partial charge is 0.173 e. The predicted octanol–water partition coefficient (Wildman–Crippen LogP) is 3.72. The second-order valence-corrected chi connectivity index (χ2v) is 7.20. The molecule has 1 aliphatic rings. The van der Waals surface area contributed by atoms with Crippen molar-refractivity contribution in [1.29, 1.82) is 0 Å². The Morgan fingerprint density at radius 3 is 2.45 bits per heavy atom. The summed E-state index contributed by atoms with van der Waals surface area (Å²) in [5.41, 5.74) is 2.27. The Labute approximate surface area is 185 Å². The fraction of sp³-hybridized carbons (Fsp3) is 0.409. The molecule has 1 aliphatic heterocycles. The zero-order valence-corrected chi connectivity index (χ0v) is 18.5. The summed E-state index contributed by atoms with van der Waals surface area (Å²) in [4.78, 5) is 4.58. The van der Waals surface area contributed by atoms with E-state index in [2.05, 4.69) is 39.4 Å². The highest BCUT2D eigenvalue weighted by atomic mass is 35.5. The van der Waals surface area contributed by atoms with Crippen LogP contribution in [0.2, 0.25) is 0 Å². The Hall–Kier alpha value is -1.86. The summed E-state index contributed by atoms with van der Waals surface area (Å²) < 4.78 is 10.7. The molecule has 0 amide bonds. The van der Waals surface area contributed by atoms with Crippen LogP contribution in [0.3, 0.4) is 0 Å². The van der Waals surface area contributed by atoms with E-state index in [1.54, 1.807) is 7.11 Å². The Bertz CT molecular complexity index is 725. The van der Waals surface area contributed by atoms with Crippen LogP contribution in [0.1, 0.15) is 12.0 Å². The highest BCUT2D eigenvalue weighted by Gasteiger charge is 2.14. The first-order valence-electron chi connectivity index (χ1n) is 9.80. The van der Waals surface area contributed by atoms with Gasteiger partial charge in [-0.25, -0.2) is 0 Å². The number of ether oxygens (including phenoxy) is 2. The Kier molecular flexibility index (Phi) is 10.2. The lowest BCUT2D eigenvalue weighted by Gasteiger charge is -2.28. The van der Waals surface area contributed by atoms with Gasteiger partial charge < -0.3 is 19.7 Å². The highest BCUT2D eigenvalue weighted by Crippen LogP contribution is 2.21. The van der Waals surface area contributed by atoms with Gasteiger partial charge in [-0.1, -0.05) is 30.3 Å². The Morgan fingerprint density at radius 2 is 1.79 bits per heavy atom. The van der Waals surface area contributed by atoms with Crippen molar-refractivity contribution in [1.82, 2.24) is 10.2 Å². The molecule has 1 saturated heterocycles. The molecule has 1 fully saturated rings. The standard InChI is InChI=1S/C22H29N3O2S.ClH/c1-26-21-10-8-20(9-11-21)25(18-19-6-3-2-4-7-19)22(28)23-12-5-13-24-14-16-27-17-15-24;/h2-4,6-11H,5,12-18H2,1H3,(H,23,28);1H. The number of methoxy groups -OCH3 is 1. The molecule has 2 aromatic carbocycles. The molecule has 5 nitrogen and oxygen atoms in total. The van der Waals surface area contributed by atoms with Gasteiger partial charge in [0.2, 0.25) is 0 Å². The number of hydrogen-bond donors (Lipinski definition) is 1. The number of nitrogens with zero attached hydrogens (tertiary/aromatic N) is 2. The second kappa shape index (κ2) is 12.6. The van der Waals surface area contributed by atoms with Gasteiger partial charge in [0, 0.05) is 25.3 Å². The molecular formula is C22H30ClN3O2S. The van der Waals surface area contributed by atoms with Crippen LogP contribution in [0, 0.1) is 0 Å². The van der Waals surface area contributed by atoms with Crippen molar-refractivity contribution in [2.45, 2.75) is 13.0 Å². The summed E-state index contributed by atoms with van der Waals surface area (Å²) in [6, 6.07) is 18.4. The molecule has 1 N–H and O–H groups in total. The van der Waals surface area contributed by atoms with Crippen LogP contribution in [-0.4, -0.2) is 56.5 Å². The summed E-state index contributed by atoms with van der Waals surface area (Å²) in [6.45, 7) is 6.38. The van der Waals surface area contributed by atoms with E-state index in [1.807, 2.05) is 30.3 Å². The number of nitrogens with one attached hydrogen (secondary N) is 1. The van der Waals surface area contributed by atoms with Crippen LogP contribution < -0.4 is 15.0 Å². The molecule has 0 aromatic heterocycles. The average Bonchev–Trinajstić information content (AvgIpc) is 2.76. The monoisotopic (exact) mass is 435 g/mol. The van der Waals surface area contributed by atoms with E-state index >= 15 is 0 Å². The summed E-state index contributed by atoms with van der Waals surface area (Å²) >= 11 is 5.74. The molecule has 0 atom stereocenters. The minimum Gasteiger partial charge on any atom is -0.497 e. The molecule has 2 aromatic rings. The summed E-state index contributed by atoms with van der Waals surface area (Å²) in [5.74, 6) is 0.841. The summed E-state index contributed by atoms with van der Waals surface area (Å²) in [5, 5.41) is 4.18. The zero-order chi connectivity index (χ0) is 19.6. The fourth-order valence-corrected chi connectivity index (χ4v) is 3.50. The maximum Gasteiger partial charge on any atom is 0.173 e. The highest BCUT2D eigenvalue weighted by molar-refractivity contribution is 7.80. The van der Waals surface area contributed by atoms with Gasteiger partial charge in [0.05, 0.1) is 26.9 Å². The van der Waals surface area contributed by atoms with E-state index in [-0.39, 0.29) is 12.4 Å². The third kappa shape index (κ3) is 7.48. The number of anilines is 1. The Balaban J connectivity index is 0.00000300. The summed E-state index contributed by atoms with van der Waals surface area (Å²) in [6.07, 6.45) is 1.06. The van der Waals surface area contributed by atoms with E-state index in [1.165, 1.54) is 5.56 Å². The van der Waals surface area contributed by atoms with Gasteiger partial charge in [0.15, 0.2) is 5.11 Å². The van der Waals surface area contributed by atoms with Crippen molar-refractivity contribution in [3.8, 4) is 5.75 Å². The minimum atomic E-state index is 0. The molecule has 158 valence electrons. The van der Waals surface area contributed by atoms with Gasteiger partial charge in [-0.2, -0.15) is 0 Å². The van der Waals surface area contributed by atoms with Gasteiger partial charge in [-0.15, -0.1) is 12.4 Å². The van der Waals surface area contributed by atoms with E-state index in [9.17, 15) is 0 Å². The van der Waals surface area contributed by atoms with Gasteiger partial charge in [0.1, 0.15) is 5.75 Å². The lowest BCUT2D eigenvalue weighted by molar-refractivity contribution is 0.0376. The molecule has 29 heavy (non-hydrogen) atoms. The van der Waals surface area contributed by atoms with Crippen LogP contribution in [-0.2, 0) is 11.3 Å². The number of rotatable bonds is 8. The molecule has 3 rings (SSSR count). The SMILES string of the molecule is COc1ccc(N(Cc2ccccc2)C(=S)NCCCN2CCOCC2)cc1.Cl. The van der Waals surface area contributed by atoms with Gasteiger partial charge in [-0.05, 0) is 55.0 Å². The molecule has 0 unspecified atom stereocenters. The van der Waals surface area contributed by atoms with E-state index in [0.29, 0.717) is 0 Å². The molecule has 0 saturated carbocycles. The van der Waals surface area contributed by atoms with Crippen LogP contribution in [0.15, 0.2) is 54.6 Å². The number of benzene rings is 2. The van der Waals surface area contributed by atoms with Crippen molar-refractivity contribution in [3.05, 3.63) is 60.2 Å². The van der Waals surface area contributed by atoms with Crippen molar-refractivity contribution in [2.24, 2.45) is 0 Å². The lowest BCUT2D eigenvalue weighted by Crippen LogP contribution is -2.41. The minimum absolute atomic E-state index is 0. The Morgan fingerprint density at radius 1 is 1.10 bits per heavy atom. The topological polar surface area (TPSA) is 37.0 Å². The van der Waals surface area contributed by atoms with Crippen molar-refractivity contribution >= 4 is 35.4 Å². The van der Waals surface area contributed by atoms with Crippen molar-refractivity contribution in [2.75, 3.05) is 51.4 Å². The van der Waals surface area contributed by atoms with Gasteiger partial charge in [-0.3, -0.25) is 4.90 Å². The largest absolute Gasteiger partial charge is 0.497 e. The average molecular weight is 436 g/mol. The van der Waals surface area contributed by atoms with Crippen LogP contribution >= 0.6 is 24.6 Å². The fourth-order valence-electron chi connectivity index (χ4n) is 3.23. The molecule has 0 spiro atoms. The molecule has 7 heteroatoms. The number of morpholine rings is 1. The zero-order valence-electron chi connectivity index (χ0n) is 16.9. The van der Waals surface area contributed by atoms with E-state index in [0.717, 1.165) is 68.9 Å². The molecule has 0 radical (unpaired) electrons. The normalized spacial score (nSPS) is 14.0. The number of thiocarbonyl (C=S) groups is 1.